The summed E-state index contributed by atoms with van der Waals surface area (Å²) in [7, 11) is 3.49. The molecule has 0 fully saturated rings. The molecule has 0 aliphatic carbocycles. The van der Waals surface area contributed by atoms with Gasteiger partial charge in [0.1, 0.15) is 11.8 Å². The Hall–Kier alpha value is -2.48. The van der Waals surface area contributed by atoms with E-state index in [1.807, 2.05) is 43.8 Å². The standard InChI is InChI=1S/C15H18N4O/c1-10-15(11(2)19(3)18-10)17-9-12-5-6-14(20-4)13(7-12)8-16/h5-7,17H,9H2,1-4H3. The molecule has 0 spiro atoms. The lowest BCUT2D eigenvalue weighted by Crippen LogP contribution is -2.02. The number of ether oxygens (including phenoxy) is 1. The third-order valence-electron chi connectivity index (χ3n) is 3.36. The molecule has 2 rings (SSSR count). The largest absolute Gasteiger partial charge is 0.495 e. The Morgan fingerprint density at radius 3 is 2.70 bits per heavy atom. The summed E-state index contributed by atoms with van der Waals surface area (Å²) < 4.78 is 6.99. The molecule has 1 aromatic heterocycles. The highest BCUT2D eigenvalue weighted by atomic mass is 16.5. The first-order chi connectivity index (χ1) is 9.56. The first-order valence-electron chi connectivity index (χ1n) is 6.38. The second-order valence-corrected chi connectivity index (χ2v) is 4.67. The van der Waals surface area contributed by atoms with Crippen molar-refractivity contribution >= 4 is 5.69 Å². The Morgan fingerprint density at radius 2 is 2.15 bits per heavy atom. The quantitative estimate of drug-likeness (QED) is 0.927. The maximum Gasteiger partial charge on any atom is 0.136 e. The molecule has 20 heavy (non-hydrogen) atoms. The van der Waals surface area contributed by atoms with Gasteiger partial charge >= 0.3 is 0 Å². The summed E-state index contributed by atoms with van der Waals surface area (Å²) in [4.78, 5) is 0. The molecule has 0 aliphatic rings. The van der Waals surface area contributed by atoms with Gasteiger partial charge in [0, 0.05) is 13.6 Å². The number of nitriles is 1. The minimum Gasteiger partial charge on any atom is -0.495 e. The maximum absolute atomic E-state index is 9.09. The fraction of sp³-hybridized carbons (Fsp3) is 0.333. The first kappa shape index (κ1) is 13.9. The molecule has 0 radical (unpaired) electrons. The molecule has 5 nitrogen and oxygen atoms in total. The van der Waals surface area contributed by atoms with Gasteiger partial charge < -0.3 is 10.1 Å². The molecule has 1 N–H and O–H groups in total. The predicted octanol–water partition coefficient (Wildman–Crippen LogP) is 2.53. The summed E-state index contributed by atoms with van der Waals surface area (Å²) in [6.07, 6.45) is 0. The lowest BCUT2D eigenvalue weighted by atomic mass is 10.1. The van der Waals surface area contributed by atoms with E-state index in [2.05, 4.69) is 16.5 Å². The van der Waals surface area contributed by atoms with Gasteiger partial charge in [0.2, 0.25) is 0 Å². The topological polar surface area (TPSA) is 62.9 Å². The van der Waals surface area contributed by atoms with Crippen LogP contribution in [0.3, 0.4) is 0 Å². The molecule has 104 valence electrons. The molecule has 0 saturated carbocycles. The summed E-state index contributed by atoms with van der Waals surface area (Å²) >= 11 is 0. The van der Waals surface area contributed by atoms with Crippen LogP contribution in [0.5, 0.6) is 5.75 Å². The SMILES string of the molecule is COc1ccc(CNc2c(C)nn(C)c2C)cc1C#N. The van der Waals surface area contributed by atoms with Crippen LogP contribution in [0, 0.1) is 25.2 Å². The molecular weight excluding hydrogens is 252 g/mol. The van der Waals surface area contributed by atoms with Crippen molar-refractivity contribution in [2.75, 3.05) is 12.4 Å². The number of aromatic nitrogens is 2. The van der Waals surface area contributed by atoms with Crippen LogP contribution in [0.15, 0.2) is 18.2 Å². The summed E-state index contributed by atoms with van der Waals surface area (Å²) in [5.41, 5.74) is 4.69. The number of benzene rings is 1. The van der Waals surface area contributed by atoms with Crippen LogP contribution in [0.4, 0.5) is 5.69 Å². The van der Waals surface area contributed by atoms with Gasteiger partial charge in [-0.1, -0.05) is 6.07 Å². The molecule has 0 atom stereocenters. The van der Waals surface area contributed by atoms with Crippen LogP contribution in [-0.4, -0.2) is 16.9 Å². The lowest BCUT2D eigenvalue weighted by molar-refractivity contribution is 0.413. The molecule has 2 aromatic rings. The number of rotatable bonds is 4. The molecule has 0 aliphatic heterocycles. The van der Waals surface area contributed by atoms with Gasteiger partial charge in [-0.05, 0) is 31.5 Å². The Labute approximate surface area is 118 Å². The van der Waals surface area contributed by atoms with Crippen molar-refractivity contribution in [3.05, 3.63) is 40.7 Å². The number of aryl methyl sites for hydroxylation is 2. The van der Waals surface area contributed by atoms with Crippen molar-refractivity contribution in [2.24, 2.45) is 7.05 Å². The van der Waals surface area contributed by atoms with Crippen LogP contribution in [0.25, 0.3) is 0 Å². The molecule has 0 saturated heterocycles. The molecule has 0 unspecified atom stereocenters. The van der Waals surface area contributed by atoms with Gasteiger partial charge in [-0.25, -0.2) is 0 Å². The third kappa shape index (κ3) is 2.59. The summed E-state index contributed by atoms with van der Waals surface area (Å²) in [6.45, 7) is 4.65. The first-order valence-corrected chi connectivity index (χ1v) is 6.38. The molecule has 1 heterocycles. The van der Waals surface area contributed by atoms with E-state index in [0.29, 0.717) is 17.9 Å². The zero-order valence-electron chi connectivity index (χ0n) is 12.2. The van der Waals surface area contributed by atoms with Crippen molar-refractivity contribution < 1.29 is 4.74 Å². The highest BCUT2D eigenvalue weighted by Crippen LogP contribution is 2.22. The smallest absolute Gasteiger partial charge is 0.136 e. The van der Waals surface area contributed by atoms with Gasteiger partial charge in [0.05, 0.1) is 29.7 Å². The van der Waals surface area contributed by atoms with E-state index < -0.39 is 0 Å². The van der Waals surface area contributed by atoms with Crippen LogP contribution in [-0.2, 0) is 13.6 Å². The number of nitrogens with one attached hydrogen (secondary N) is 1. The maximum atomic E-state index is 9.09. The van der Waals surface area contributed by atoms with Crippen molar-refractivity contribution in [1.29, 1.82) is 5.26 Å². The van der Waals surface area contributed by atoms with E-state index in [1.54, 1.807) is 7.11 Å². The van der Waals surface area contributed by atoms with Crippen molar-refractivity contribution in [2.45, 2.75) is 20.4 Å². The van der Waals surface area contributed by atoms with Crippen LogP contribution in [0.1, 0.15) is 22.5 Å². The molecular formula is C15H18N4O. The van der Waals surface area contributed by atoms with Gasteiger partial charge in [-0.2, -0.15) is 10.4 Å². The van der Waals surface area contributed by atoms with Crippen LogP contribution < -0.4 is 10.1 Å². The van der Waals surface area contributed by atoms with Crippen LogP contribution >= 0.6 is 0 Å². The molecule has 5 heteroatoms. The minimum absolute atomic E-state index is 0.548. The zero-order valence-corrected chi connectivity index (χ0v) is 12.2. The predicted molar refractivity (Wildman–Crippen MR) is 77.7 cm³/mol. The fourth-order valence-electron chi connectivity index (χ4n) is 2.17. The van der Waals surface area contributed by atoms with Gasteiger partial charge in [0.25, 0.3) is 0 Å². The monoisotopic (exact) mass is 270 g/mol. The van der Waals surface area contributed by atoms with Crippen molar-refractivity contribution in [3.8, 4) is 11.8 Å². The van der Waals surface area contributed by atoms with Crippen molar-refractivity contribution in [3.63, 3.8) is 0 Å². The highest BCUT2D eigenvalue weighted by Gasteiger charge is 2.09. The number of hydrogen-bond donors (Lipinski definition) is 1. The molecule has 1 aromatic carbocycles. The average molecular weight is 270 g/mol. The zero-order chi connectivity index (χ0) is 14.7. The van der Waals surface area contributed by atoms with Crippen LogP contribution in [0.2, 0.25) is 0 Å². The van der Waals surface area contributed by atoms with E-state index in [1.165, 1.54) is 0 Å². The fourth-order valence-corrected chi connectivity index (χ4v) is 2.17. The molecule has 0 amide bonds. The normalized spacial score (nSPS) is 10.2. The van der Waals surface area contributed by atoms with Crippen molar-refractivity contribution in [1.82, 2.24) is 9.78 Å². The average Bonchev–Trinajstić information content (AvgIpc) is 2.70. The van der Waals surface area contributed by atoms with E-state index in [0.717, 1.165) is 22.6 Å². The Morgan fingerprint density at radius 1 is 1.40 bits per heavy atom. The number of methoxy groups -OCH3 is 1. The Balaban J connectivity index is 2.17. The number of nitrogens with zero attached hydrogens (tertiary/aromatic N) is 3. The van der Waals surface area contributed by atoms with Gasteiger partial charge in [-0.3, -0.25) is 4.68 Å². The van der Waals surface area contributed by atoms with E-state index in [4.69, 9.17) is 10.00 Å². The van der Waals surface area contributed by atoms with E-state index in [9.17, 15) is 0 Å². The summed E-state index contributed by atoms with van der Waals surface area (Å²) in [5, 5.41) is 16.8. The van der Waals surface area contributed by atoms with E-state index in [-0.39, 0.29) is 0 Å². The highest BCUT2D eigenvalue weighted by molar-refractivity contribution is 5.53. The minimum atomic E-state index is 0.548. The number of hydrogen-bond acceptors (Lipinski definition) is 4. The summed E-state index contributed by atoms with van der Waals surface area (Å²) in [6, 6.07) is 7.75. The van der Waals surface area contributed by atoms with Gasteiger partial charge in [0.15, 0.2) is 0 Å². The Bertz CT molecular complexity index is 667. The summed E-state index contributed by atoms with van der Waals surface area (Å²) in [5.74, 6) is 0.602. The van der Waals surface area contributed by atoms with Gasteiger partial charge in [-0.15, -0.1) is 0 Å². The van der Waals surface area contributed by atoms with E-state index >= 15 is 0 Å². The lowest BCUT2D eigenvalue weighted by Gasteiger charge is -2.09. The molecule has 0 bridgehead atoms. The number of anilines is 1. The second-order valence-electron chi connectivity index (χ2n) is 4.67. The Kier molecular flexibility index (Phi) is 3.94. The second kappa shape index (κ2) is 5.66. The third-order valence-corrected chi connectivity index (χ3v) is 3.36.